The van der Waals surface area contributed by atoms with Gasteiger partial charge >= 0.3 is 0 Å². The van der Waals surface area contributed by atoms with Crippen LogP contribution in [0.1, 0.15) is 20.0 Å². The molecule has 31 heavy (non-hydrogen) atoms. The number of hydrogen-bond donors (Lipinski definition) is 1. The summed E-state index contributed by atoms with van der Waals surface area (Å²) in [5.41, 5.74) is 1.95. The number of carbonyl (C=O) groups is 2. The summed E-state index contributed by atoms with van der Waals surface area (Å²) in [6.07, 6.45) is 0. The largest absolute Gasteiger partial charge is 0.496 e. The Morgan fingerprint density at radius 1 is 1.03 bits per heavy atom. The molecule has 160 valence electrons. The van der Waals surface area contributed by atoms with Crippen LogP contribution in [-0.2, 0) is 0 Å². The summed E-state index contributed by atoms with van der Waals surface area (Å²) < 4.78 is 5.25. The molecule has 0 unspecified atom stereocenters. The number of methoxy groups -OCH3 is 1. The smallest absolute Gasteiger partial charge is 0.264 e. The summed E-state index contributed by atoms with van der Waals surface area (Å²) in [6, 6.07) is 16.3. The van der Waals surface area contributed by atoms with E-state index in [2.05, 4.69) is 10.2 Å². The Balaban J connectivity index is 1.40. The van der Waals surface area contributed by atoms with Crippen LogP contribution in [0.25, 0.3) is 0 Å². The maximum absolute atomic E-state index is 12.6. The third-order valence-electron chi connectivity index (χ3n) is 5.20. The Morgan fingerprint density at radius 2 is 1.81 bits per heavy atom. The zero-order valence-electron chi connectivity index (χ0n) is 17.0. The van der Waals surface area contributed by atoms with Crippen LogP contribution in [-0.4, -0.2) is 50.0 Å². The highest BCUT2D eigenvalue weighted by molar-refractivity contribution is 7.12. The van der Waals surface area contributed by atoms with Crippen molar-refractivity contribution in [3.8, 4) is 5.75 Å². The number of thiophene rings is 1. The molecular weight excluding hydrogens is 434 g/mol. The number of nitrogens with one attached hydrogen (secondary N) is 1. The Kier molecular flexibility index (Phi) is 6.44. The predicted molar refractivity (Wildman–Crippen MR) is 125 cm³/mol. The van der Waals surface area contributed by atoms with Crippen LogP contribution in [0.2, 0.25) is 5.02 Å². The van der Waals surface area contributed by atoms with Gasteiger partial charge in [-0.15, -0.1) is 11.3 Å². The standard InChI is InChI=1S/C23H22ClN3O3S/c1-30-20-6-3-2-5-17(20)22(28)25-16-8-9-19(18(24)15-16)26-10-12-27(13-11-26)23(29)21-7-4-14-31-21/h2-9,14-15H,10-13H2,1H3,(H,25,28). The SMILES string of the molecule is COc1ccccc1C(=O)Nc1ccc(N2CCN(C(=O)c3cccs3)CC2)c(Cl)c1. The first-order chi connectivity index (χ1) is 15.1. The van der Waals surface area contributed by atoms with Crippen LogP contribution in [0.4, 0.5) is 11.4 Å². The van der Waals surface area contributed by atoms with E-state index < -0.39 is 0 Å². The van der Waals surface area contributed by atoms with Crippen LogP contribution >= 0.6 is 22.9 Å². The first kappa shape index (κ1) is 21.2. The van der Waals surface area contributed by atoms with Gasteiger partial charge in [0.25, 0.3) is 11.8 Å². The van der Waals surface area contributed by atoms with Crippen molar-refractivity contribution < 1.29 is 14.3 Å². The fourth-order valence-corrected chi connectivity index (χ4v) is 4.57. The molecule has 4 rings (SSSR count). The highest BCUT2D eigenvalue weighted by Gasteiger charge is 2.24. The van der Waals surface area contributed by atoms with E-state index in [0.717, 1.165) is 10.6 Å². The minimum Gasteiger partial charge on any atom is -0.496 e. The number of rotatable bonds is 5. The van der Waals surface area contributed by atoms with Crippen molar-refractivity contribution in [1.29, 1.82) is 0 Å². The van der Waals surface area contributed by atoms with Crippen LogP contribution in [0.15, 0.2) is 60.0 Å². The average molecular weight is 456 g/mol. The molecule has 0 bridgehead atoms. The number of ether oxygens (including phenoxy) is 1. The van der Waals surface area contributed by atoms with Gasteiger partial charge in [0.2, 0.25) is 0 Å². The predicted octanol–water partition coefficient (Wildman–Crippen LogP) is 4.62. The average Bonchev–Trinajstić information content (AvgIpc) is 3.34. The van der Waals surface area contributed by atoms with E-state index >= 15 is 0 Å². The molecule has 0 saturated carbocycles. The normalized spacial score (nSPS) is 13.7. The number of carbonyl (C=O) groups excluding carboxylic acids is 2. The summed E-state index contributed by atoms with van der Waals surface area (Å²) in [6.45, 7) is 2.67. The van der Waals surface area contributed by atoms with Gasteiger partial charge in [-0.2, -0.15) is 0 Å². The second kappa shape index (κ2) is 9.41. The lowest BCUT2D eigenvalue weighted by Crippen LogP contribution is -2.48. The number of hydrogen-bond acceptors (Lipinski definition) is 5. The molecule has 3 aromatic rings. The molecule has 1 saturated heterocycles. The van der Waals surface area contributed by atoms with Crippen molar-refractivity contribution in [3.05, 3.63) is 75.4 Å². The molecule has 0 spiro atoms. The van der Waals surface area contributed by atoms with E-state index in [0.29, 0.717) is 48.2 Å². The topological polar surface area (TPSA) is 61.9 Å². The van der Waals surface area contributed by atoms with Gasteiger partial charge in [0.1, 0.15) is 5.75 Å². The summed E-state index contributed by atoms with van der Waals surface area (Å²) in [7, 11) is 1.53. The molecule has 1 aliphatic heterocycles. The highest BCUT2D eigenvalue weighted by Crippen LogP contribution is 2.30. The van der Waals surface area contributed by atoms with E-state index in [1.165, 1.54) is 18.4 Å². The van der Waals surface area contributed by atoms with Gasteiger partial charge in [0.15, 0.2) is 0 Å². The molecule has 8 heteroatoms. The van der Waals surface area contributed by atoms with Crippen LogP contribution in [0.3, 0.4) is 0 Å². The molecule has 2 amide bonds. The van der Waals surface area contributed by atoms with Crippen molar-refractivity contribution in [3.63, 3.8) is 0 Å². The maximum Gasteiger partial charge on any atom is 0.264 e. The van der Waals surface area contributed by atoms with Crippen molar-refractivity contribution in [1.82, 2.24) is 4.90 Å². The lowest BCUT2D eigenvalue weighted by atomic mass is 10.1. The van der Waals surface area contributed by atoms with Gasteiger partial charge in [-0.1, -0.05) is 29.8 Å². The van der Waals surface area contributed by atoms with Gasteiger partial charge in [-0.05, 0) is 41.8 Å². The van der Waals surface area contributed by atoms with Crippen molar-refractivity contribution in [2.24, 2.45) is 0 Å². The molecular formula is C23H22ClN3O3S. The summed E-state index contributed by atoms with van der Waals surface area (Å²) in [5, 5.41) is 5.33. The number of halogens is 1. The first-order valence-corrected chi connectivity index (χ1v) is 11.1. The van der Waals surface area contributed by atoms with Crippen molar-refractivity contribution in [2.75, 3.05) is 43.5 Å². The number of piperazine rings is 1. The lowest BCUT2D eigenvalue weighted by Gasteiger charge is -2.36. The van der Waals surface area contributed by atoms with E-state index in [-0.39, 0.29) is 11.8 Å². The van der Waals surface area contributed by atoms with E-state index in [1.807, 2.05) is 40.6 Å². The van der Waals surface area contributed by atoms with Gasteiger partial charge in [0, 0.05) is 31.9 Å². The third kappa shape index (κ3) is 4.68. The molecule has 1 fully saturated rings. The number of nitrogens with zero attached hydrogens (tertiary/aromatic N) is 2. The minimum absolute atomic E-state index is 0.0788. The highest BCUT2D eigenvalue weighted by atomic mass is 35.5. The van der Waals surface area contributed by atoms with Crippen LogP contribution < -0.4 is 15.0 Å². The Morgan fingerprint density at radius 3 is 2.48 bits per heavy atom. The van der Waals surface area contributed by atoms with E-state index in [1.54, 1.807) is 24.3 Å². The fourth-order valence-electron chi connectivity index (χ4n) is 3.58. The van der Waals surface area contributed by atoms with Crippen LogP contribution in [0, 0.1) is 0 Å². The molecule has 1 aromatic heterocycles. The fraction of sp³-hybridized carbons (Fsp3) is 0.217. The summed E-state index contributed by atoms with van der Waals surface area (Å²) >= 11 is 8.00. The van der Waals surface area contributed by atoms with Gasteiger partial charge in [0.05, 0.1) is 28.3 Å². The monoisotopic (exact) mass is 455 g/mol. The second-order valence-electron chi connectivity index (χ2n) is 7.08. The quantitative estimate of drug-likeness (QED) is 0.609. The lowest BCUT2D eigenvalue weighted by molar-refractivity contribution is 0.0751. The molecule has 0 atom stereocenters. The molecule has 2 heterocycles. The second-order valence-corrected chi connectivity index (χ2v) is 8.43. The zero-order chi connectivity index (χ0) is 21.8. The van der Waals surface area contributed by atoms with Gasteiger partial charge in [-0.3, -0.25) is 9.59 Å². The minimum atomic E-state index is -0.262. The number of benzene rings is 2. The summed E-state index contributed by atoms with van der Waals surface area (Å²) in [4.78, 5) is 29.9. The molecule has 6 nitrogen and oxygen atoms in total. The van der Waals surface area contributed by atoms with E-state index in [9.17, 15) is 9.59 Å². The van der Waals surface area contributed by atoms with E-state index in [4.69, 9.17) is 16.3 Å². The first-order valence-electron chi connectivity index (χ1n) is 9.88. The van der Waals surface area contributed by atoms with Crippen LogP contribution in [0.5, 0.6) is 5.75 Å². The Labute approximate surface area is 190 Å². The molecule has 1 N–H and O–H groups in total. The molecule has 1 aliphatic rings. The van der Waals surface area contributed by atoms with Gasteiger partial charge < -0.3 is 19.9 Å². The molecule has 2 aromatic carbocycles. The maximum atomic E-state index is 12.6. The molecule has 0 radical (unpaired) electrons. The van der Waals surface area contributed by atoms with Gasteiger partial charge in [-0.25, -0.2) is 0 Å². The summed E-state index contributed by atoms with van der Waals surface area (Å²) in [5.74, 6) is 0.329. The third-order valence-corrected chi connectivity index (χ3v) is 6.36. The van der Waals surface area contributed by atoms with Crippen molar-refractivity contribution in [2.45, 2.75) is 0 Å². The Bertz CT molecular complexity index is 1080. The number of para-hydroxylation sites is 1. The Hall–Kier alpha value is -3.03. The molecule has 0 aliphatic carbocycles. The zero-order valence-corrected chi connectivity index (χ0v) is 18.6. The van der Waals surface area contributed by atoms with Crippen molar-refractivity contribution >= 4 is 46.1 Å². The number of amides is 2. The number of anilines is 2.